The Bertz CT molecular complexity index is 367. The third kappa shape index (κ3) is 9.55. The molecule has 0 saturated carbocycles. The number of hydrogen-bond acceptors (Lipinski definition) is 3. The summed E-state index contributed by atoms with van der Waals surface area (Å²) in [6, 6.07) is 0. The quantitative estimate of drug-likeness (QED) is 0.353. The van der Waals surface area contributed by atoms with Gasteiger partial charge in [-0.15, -0.1) is 0 Å². The maximum absolute atomic E-state index is 11.8. The molecule has 0 aliphatic carbocycles. The standard InChI is InChI=1S/C21H44NO3P/c1-14(2)18(15(3)4)26(19(16(5)6)17(7)8)24-13-12-22-20(23)25-21(9,10)11/h14-19H,12-13H2,1-11H3,(H,22,23). The van der Waals surface area contributed by atoms with Crippen LogP contribution in [0.4, 0.5) is 4.79 Å². The van der Waals surface area contributed by atoms with Gasteiger partial charge in [0.05, 0.1) is 6.61 Å². The largest absolute Gasteiger partial charge is 0.444 e. The molecule has 0 aliphatic rings. The molecule has 0 saturated heterocycles. The van der Waals surface area contributed by atoms with Gasteiger partial charge in [-0.1, -0.05) is 55.4 Å². The van der Waals surface area contributed by atoms with Gasteiger partial charge in [0.25, 0.3) is 0 Å². The Hall–Kier alpha value is -0.340. The molecule has 0 aromatic rings. The molecule has 0 unspecified atom stereocenters. The fourth-order valence-corrected chi connectivity index (χ4v) is 7.10. The van der Waals surface area contributed by atoms with Crippen molar-refractivity contribution in [3.05, 3.63) is 0 Å². The molecule has 0 aliphatic heterocycles. The van der Waals surface area contributed by atoms with Crippen LogP contribution in [0.1, 0.15) is 76.2 Å². The van der Waals surface area contributed by atoms with Gasteiger partial charge in [0.15, 0.2) is 0 Å². The van der Waals surface area contributed by atoms with Gasteiger partial charge >= 0.3 is 6.09 Å². The molecule has 1 N–H and O–H groups in total. The fourth-order valence-electron chi connectivity index (χ4n) is 3.70. The minimum Gasteiger partial charge on any atom is -0.444 e. The zero-order valence-electron chi connectivity index (χ0n) is 19.1. The van der Waals surface area contributed by atoms with Crippen LogP contribution in [0.15, 0.2) is 0 Å². The number of ether oxygens (including phenoxy) is 1. The van der Waals surface area contributed by atoms with Crippen LogP contribution < -0.4 is 5.32 Å². The Morgan fingerprint density at radius 2 is 1.23 bits per heavy atom. The van der Waals surface area contributed by atoms with E-state index in [2.05, 4.69) is 60.7 Å². The molecule has 0 aromatic heterocycles. The number of carbonyl (C=O) groups is 1. The van der Waals surface area contributed by atoms with E-state index in [-0.39, 0.29) is 6.09 Å². The molecular weight excluding hydrogens is 345 g/mol. The molecule has 5 heteroatoms. The Kier molecular flexibility index (Phi) is 11.3. The van der Waals surface area contributed by atoms with Gasteiger partial charge in [-0.3, -0.25) is 0 Å². The zero-order valence-corrected chi connectivity index (χ0v) is 19.9. The summed E-state index contributed by atoms with van der Waals surface area (Å²) in [6.45, 7) is 25.1. The van der Waals surface area contributed by atoms with E-state index in [1.165, 1.54) is 0 Å². The fraction of sp³-hybridized carbons (Fsp3) is 0.952. The van der Waals surface area contributed by atoms with Crippen molar-refractivity contribution in [2.24, 2.45) is 23.7 Å². The maximum Gasteiger partial charge on any atom is 0.407 e. The first kappa shape index (κ1) is 25.7. The molecule has 156 valence electrons. The van der Waals surface area contributed by atoms with Crippen LogP contribution in [0.25, 0.3) is 0 Å². The van der Waals surface area contributed by atoms with Crippen LogP contribution in [0.3, 0.4) is 0 Å². The first-order chi connectivity index (χ1) is 11.8. The van der Waals surface area contributed by atoms with Crippen molar-refractivity contribution in [3.8, 4) is 0 Å². The summed E-state index contributed by atoms with van der Waals surface area (Å²) in [5.41, 5.74) is 0.640. The average Bonchev–Trinajstić information content (AvgIpc) is 2.39. The van der Waals surface area contributed by atoms with E-state index < -0.39 is 13.7 Å². The lowest BCUT2D eigenvalue weighted by molar-refractivity contribution is 0.0520. The van der Waals surface area contributed by atoms with Crippen molar-refractivity contribution >= 4 is 14.2 Å². The van der Waals surface area contributed by atoms with Crippen LogP contribution >= 0.6 is 8.15 Å². The number of hydrogen-bond donors (Lipinski definition) is 1. The third-order valence-corrected chi connectivity index (χ3v) is 8.37. The summed E-state index contributed by atoms with van der Waals surface area (Å²) in [5, 5.41) is 2.81. The molecule has 0 radical (unpaired) electrons. The highest BCUT2D eigenvalue weighted by Gasteiger charge is 2.37. The van der Waals surface area contributed by atoms with E-state index in [1.54, 1.807) is 0 Å². The zero-order chi connectivity index (χ0) is 20.7. The first-order valence-corrected chi connectivity index (χ1v) is 11.6. The predicted molar refractivity (Wildman–Crippen MR) is 114 cm³/mol. The van der Waals surface area contributed by atoms with Crippen molar-refractivity contribution in [1.29, 1.82) is 0 Å². The highest BCUT2D eigenvalue weighted by molar-refractivity contribution is 7.54. The maximum atomic E-state index is 11.8. The van der Waals surface area contributed by atoms with Crippen LogP contribution in [0, 0.1) is 23.7 Å². The molecule has 0 bridgehead atoms. The lowest BCUT2D eigenvalue weighted by Gasteiger charge is -2.41. The first-order valence-electron chi connectivity index (χ1n) is 10.2. The molecular formula is C21H44NO3P. The smallest absolute Gasteiger partial charge is 0.407 e. The molecule has 4 nitrogen and oxygen atoms in total. The number of amides is 1. The minimum atomic E-state index is -0.595. The molecule has 0 fully saturated rings. The molecule has 0 rings (SSSR count). The van der Waals surface area contributed by atoms with Crippen molar-refractivity contribution in [2.75, 3.05) is 13.2 Å². The van der Waals surface area contributed by atoms with Crippen LogP contribution in [0.5, 0.6) is 0 Å². The molecule has 0 heterocycles. The average molecular weight is 390 g/mol. The number of nitrogens with one attached hydrogen (secondary N) is 1. The summed E-state index contributed by atoms with van der Waals surface area (Å²) in [7, 11) is -0.595. The van der Waals surface area contributed by atoms with Gasteiger partial charge in [0.2, 0.25) is 0 Å². The highest BCUT2D eigenvalue weighted by atomic mass is 31.1. The Morgan fingerprint density at radius 1 is 0.846 bits per heavy atom. The Morgan fingerprint density at radius 3 is 1.54 bits per heavy atom. The highest BCUT2D eigenvalue weighted by Crippen LogP contribution is 2.57. The van der Waals surface area contributed by atoms with Crippen LogP contribution in [-0.2, 0) is 9.26 Å². The second kappa shape index (κ2) is 11.5. The van der Waals surface area contributed by atoms with Crippen molar-refractivity contribution in [1.82, 2.24) is 5.32 Å². The van der Waals surface area contributed by atoms with E-state index >= 15 is 0 Å². The van der Waals surface area contributed by atoms with Crippen molar-refractivity contribution < 1.29 is 14.1 Å². The molecule has 0 spiro atoms. The number of alkyl carbamates (subject to hydrolysis) is 1. The number of rotatable bonds is 10. The van der Waals surface area contributed by atoms with Gasteiger partial charge in [-0.05, 0) is 44.4 Å². The lowest BCUT2D eigenvalue weighted by atomic mass is 9.99. The van der Waals surface area contributed by atoms with E-state index in [0.29, 0.717) is 48.1 Å². The molecule has 0 aromatic carbocycles. The monoisotopic (exact) mass is 389 g/mol. The summed E-state index contributed by atoms with van der Waals surface area (Å²) >= 11 is 0. The number of carbonyl (C=O) groups excluding carboxylic acids is 1. The van der Waals surface area contributed by atoms with Gasteiger partial charge in [0, 0.05) is 26.0 Å². The Labute approximate surface area is 164 Å². The summed E-state index contributed by atoms with van der Waals surface area (Å²) < 4.78 is 11.8. The van der Waals surface area contributed by atoms with E-state index in [4.69, 9.17) is 9.26 Å². The topological polar surface area (TPSA) is 47.6 Å². The van der Waals surface area contributed by atoms with E-state index in [9.17, 15) is 4.79 Å². The predicted octanol–water partition coefficient (Wildman–Crippen LogP) is 6.29. The summed E-state index contributed by atoms with van der Waals surface area (Å²) in [6.07, 6.45) is -0.376. The van der Waals surface area contributed by atoms with Gasteiger partial charge < -0.3 is 14.6 Å². The summed E-state index contributed by atoms with van der Waals surface area (Å²) in [4.78, 5) is 11.8. The van der Waals surface area contributed by atoms with Crippen LogP contribution in [0.2, 0.25) is 0 Å². The van der Waals surface area contributed by atoms with Gasteiger partial charge in [-0.2, -0.15) is 0 Å². The van der Waals surface area contributed by atoms with Crippen LogP contribution in [-0.4, -0.2) is 36.2 Å². The van der Waals surface area contributed by atoms with Crippen molar-refractivity contribution in [3.63, 3.8) is 0 Å². The minimum absolute atomic E-state index is 0.376. The molecule has 1 amide bonds. The van der Waals surface area contributed by atoms with Gasteiger partial charge in [0.1, 0.15) is 5.60 Å². The molecule has 26 heavy (non-hydrogen) atoms. The van der Waals surface area contributed by atoms with Gasteiger partial charge in [-0.25, -0.2) is 4.79 Å². The normalized spacial score (nSPS) is 13.2. The van der Waals surface area contributed by atoms with E-state index in [1.807, 2.05) is 20.8 Å². The SMILES string of the molecule is CC(C)C(C(C)C)P(OCCNC(=O)OC(C)(C)C)C(C(C)C)C(C)C. The van der Waals surface area contributed by atoms with Crippen molar-refractivity contribution in [2.45, 2.75) is 93.1 Å². The van der Waals surface area contributed by atoms with E-state index in [0.717, 1.165) is 0 Å². The third-order valence-electron chi connectivity index (χ3n) is 4.33. The summed E-state index contributed by atoms with van der Waals surface area (Å²) in [5.74, 6) is 2.33. The molecule has 0 atom stereocenters. The lowest BCUT2D eigenvalue weighted by Crippen LogP contribution is -2.35. The second-order valence-corrected chi connectivity index (χ2v) is 11.7. The Balaban J connectivity index is 5.00. The second-order valence-electron chi connectivity index (χ2n) is 9.58.